The fourth-order valence-corrected chi connectivity index (χ4v) is 3.30. The van der Waals surface area contributed by atoms with Crippen molar-refractivity contribution in [1.29, 1.82) is 0 Å². The lowest BCUT2D eigenvalue weighted by molar-refractivity contribution is -0.128. The Morgan fingerprint density at radius 1 is 1.07 bits per heavy atom. The third-order valence-electron chi connectivity index (χ3n) is 4.57. The third-order valence-corrected chi connectivity index (χ3v) is 4.57. The number of rotatable bonds is 6. The molecule has 0 unspecified atom stereocenters. The summed E-state index contributed by atoms with van der Waals surface area (Å²) in [7, 11) is 0. The second-order valence-corrected chi connectivity index (χ2v) is 7.12. The van der Waals surface area contributed by atoms with Crippen molar-refractivity contribution >= 4 is 23.5 Å². The number of nitrogens with zero attached hydrogens (tertiary/aromatic N) is 1. The van der Waals surface area contributed by atoms with E-state index in [-0.39, 0.29) is 18.4 Å². The standard InChI is InChI=1S/C22H24N2O4/c1-15-10-16(2)12-19(11-15)23-20(25)14-28-22(27)18-7-5-17(6-8-18)13-24-9-3-4-21(24)26/h5-8,10-12H,3-4,9,13-14H2,1-2H3,(H,23,25). The minimum Gasteiger partial charge on any atom is -0.452 e. The summed E-state index contributed by atoms with van der Waals surface area (Å²) < 4.78 is 5.10. The summed E-state index contributed by atoms with van der Waals surface area (Å²) in [6.07, 6.45) is 1.50. The molecule has 1 saturated heterocycles. The average Bonchev–Trinajstić information content (AvgIpc) is 3.04. The van der Waals surface area contributed by atoms with Crippen molar-refractivity contribution in [2.24, 2.45) is 0 Å². The quantitative estimate of drug-likeness (QED) is 0.781. The van der Waals surface area contributed by atoms with Crippen LogP contribution < -0.4 is 5.32 Å². The summed E-state index contributed by atoms with van der Waals surface area (Å²) in [5, 5.41) is 2.73. The number of likely N-dealkylation sites (tertiary alicyclic amines) is 1. The van der Waals surface area contributed by atoms with E-state index < -0.39 is 5.97 Å². The topological polar surface area (TPSA) is 75.7 Å². The number of carbonyl (C=O) groups excluding carboxylic acids is 3. The molecule has 1 aliphatic heterocycles. The minimum atomic E-state index is -0.556. The Morgan fingerprint density at radius 2 is 1.75 bits per heavy atom. The van der Waals surface area contributed by atoms with Gasteiger partial charge in [-0.2, -0.15) is 0 Å². The van der Waals surface area contributed by atoms with E-state index >= 15 is 0 Å². The summed E-state index contributed by atoms with van der Waals surface area (Å²) in [6, 6.07) is 12.6. The number of ether oxygens (including phenoxy) is 1. The van der Waals surface area contributed by atoms with Gasteiger partial charge >= 0.3 is 5.97 Å². The highest BCUT2D eigenvalue weighted by Gasteiger charge is 2.20. The third kappa shape index (κ3) is 5.19. The Hall–Kier alpha value is -3.15. The van der Waals surface area contributed by atoms with Crippen LogP contribution in [0.1, 0.15) is 39.9 Å². The average molecular weight is 380 g/mol. The molecule has 0 saturated carbocycles. The monoisotopic (exact) mass is 380 g/mol. The van der Waals surface area contributed by atoms with Crippen molar-refractivity contribution < 1.29 is 19.1 Å². The molecule has 2 aromatic carbocycles. The van der Waals surface area contributed by atoms with Gasteiger partial charge in [-0.05, 0) is 61.2 Å². The highest BCUT2D eigenvalue weighted by molar-refractivity contribution is 5.95. The maximum Gasteiger partial charge on any atom is 0.338 e. The molecule has 146 valence electrons. The summed E-state index contributed by atoms with van der Waals surface area (Å²) >= 11 is 0. The molecule has 0 radical (unpaired) electrons. The highest BCUT2D eigenvalue weighted by atomic mass is 16.5. The molecule has 28 heavy (non-hydrogen) atoms. The first kappa shape index (κ1) is 19.6. The Balaban J connectivity index is 1.50. The predicted molar refractivity (Wildman–Crippen MR) is 106 cm³/mol. The molecule has 6 nitrogen and oxygen atoms in total. The fourth-order valence-electron chi connectivity index (χ4n) is 3.30. The van der Waals surface area contributed by atoms with Crippen LogP contribution in [0.15, 0.2) is 42.5 Å². The molecule has 1 heterocycles. The molecule has 0 bridgehead atoms. The van der Waals surface area contributed by atoms with Crippen LogP contribution in [0.4, 0.5) is 5.69 Å². The number of anilines is 1. The van der Waals surface area contributed by atoms with Crippen molar-refractivity contribution in [1.82, 2.24) is 4.90 Å². The second kappa shape index (κ2) is 8.69. The van der Waals surface area contributed by atoms with E-state index in [0.717, 1.165) is 29.7 Å². The first-order chi connectivity index (χ1) is 13.4. The van der Waals surface area contributed by atoms with Gasteiger partial charge in [-0.25, -0.2) is 4.79 Å². The maximum atomic E-state index is 12.2. The smallest absolute Gasteiger partial charge is 0.338 e. The van der Waals surface area contributed by atoms with E-state index in [2.05, 4.69) is 5.32 Å². The largest absolute Gasteiger partial charge is 0.452 e. The summed E-state index contributed by atoms with van der Waals surface area (Å²) in [6.45, 7) is 4.87. The van der Waals surface area contributed by atoms with E-state index in [1.54, 1.807) is 24.3 Å². The number of hydrogen-bond acceptors (Lipinski definition) is 4. The van der Waals surface area contributed by atoms with Gasteiger partial charge in [0.15, 0.2) is 6.61 Å². The number of nitrogens with one attached hydrogen (secondary N) is 1. The molecule has 3 rings (SSSR count). The minimum absolute atomic E-state index is 0.165. The SMILES string of the molecule is Cc1cc(C)cc(NC(=O)COC(=O)c2ccc(CN3CCCC3=O)cc2)c1. The van der Waals surface area contributed by atoms with Crippen LogP contribution in [-0.4, -0.2) is 35.8 Å². The van der Waals surface area contributed by atoms with Crippen molar-refractivity contribution in [3.63, 3.8) is 0 Å². The highest BCUT2D eigenvalue weighted by Crippen LogP contribution is 2.16. The van der Waals surface area contributed by atoms with Crippen molar-refractivity contribution in [3.05, 3.63) is 64.7 Å². The van der Waals surface area contributed by atoms with Crippen LogP contribution in [0.3, 0.4) is 0 Å². The number of amides is 2. The normalized spacial score (nSPS) is 13.5. The van der Waals surface area contributed by atoms with Gasteiger partial charge in [-0.1, -0.05) is 18.2 Å². The van der Waals surface area contributed by atoms with E-state index in [1.165, 1.54) is 0 Å². The molecule has 0 aliphatic carbocycles. The van der Waals surface area contributed by atoms with Gasteiger partial charge in [0.05, 0.1) is 5.56 Å². The van der Waals surface area contributed by atoms with Crippen LogP contribution in [0.2, 0.25) is 0 Å². The van der Waals surface area contributed by atoms with Gasteiger partial charge in [0.25, 0.3) is 5.91 Å². The van der Waals surface area contributed by atoms with Crippen LogP contribution in [-0.2, 0) is 20.9 Å². The Labute approximate surface area is 164 Å². The number of esters is 1. The number of hydrogen-bond donors (Lipinski definition) is 1. The molecule has 1 N–H and O–H groups in total. The van der Waals surface area contributed by atoms with Gasteiger partial charge in [-0.3, -0.25) is 9.59 Å². The summed E-state index contributed by atoms with van der Waals surface area (Å²) in [5.41, 5.74) is 4.10. The van der Waals surface area contributed by atoms with Crippen LogP contribution in [0.25, 0.3) is 0 Å². The Kier molecular flexibility index (Phi) is 6.09. The molecule has 0 atom stereocenters. The van der Waals surface area contributed by atoms with Crippen LogP contribution in [0.5, 0.6) is 0 Å². The molecule has 2 amide bonds. The molecule has 6 heteroatoms. The molecule has 1 aliphatic rings. The van der Waals surface area contributed by atoms with Gasteiger partial charge in [0.2, 0.25) is 5.91 Å². The Morgan fingerprint density at radius 3 is 2.36 bits per heavy atom. The molecular formula is C22H24N2O4. The van der Waals surface area contributed by atoms with E-state index in [1.807, 2.05) is 36.9 Å². The molecule has 2 aromatic rings. The van der Waals surface area contributed by atoms with E-state index in [9.17, 15) is 14.4 Å². The zero-order valence-corrected chi connectivity index (χ0v) is 16.2. The lowest BCUT2D eigenvalue weighted by Gasteiger charge is -2.15. The van der Waals surface area contributed by atoms with Crippen molar-refractivity contribution in [2.45, 2.75) is 33.2 Å². The molecular weight excluding hydrogens is 356 g/mol. The first-order valence-electron chi connectivity index (χ1n) is 9.33. The zero-order chi connectivity index (χ0) is 20.1. The van der Waals surface area contributed by atoms with Gasteiger partial charge in [0, 0.05) is 25.2 Å². The van der Waals surface area contributed by atoms with Crippen molar-refractivity contribution in [3.8, 4) is 0 Å². The van der Waals surface area contributed by atoms with Gasteiger partial charge < -0.3 is 15.0 Å². The Bertz CT molecular complexity index is 870. The number of aryl methyl sites for hydroxylation is 2. The molecule has 0 spiro atoms. The lowest BCUT2D eigenvalue weighted by atomic mass is 10.1. The van der Waals surface area contributed by atoms with E-state index in [4.69, 9.17) is 4.74 Å². The summed E-state index contributed by atoms with van der Waals surface area (Å²) in [4.78, 5) is 37.7. The van der Waals surface area contributed by atoms with Crippen LogP contribution in [0, 0.1) is 13.8 Å². The first-order valence-corrected chi connectivity index (χ1v) is 9.33. The second-order valence-electron chi connectivity index (χ2n) is 7.12. The van der Waals surface area contributed by atoms with E-state index in [0.29, 0.717) is 24.2 Å². The number of benzene rings is 2. The fraction of sp³-hybridized carbons (Fsp3) is 0.318. The number of carbonyl (C=O) groups is 3. The molecule has 0 aromatic heterocycles. The maximum absolute atomic E-state index is 12.2. The molecule has 1 fully saturated rings. The predicted octanol–water partition coefficient (Wildman–Crippen LogP) is 3.22. The van der Waals surface area contributed by atoms with Gasteiger partial charge in [-0.15, -0.1) is 0 Å². The van der Waals surface area contributed by atoms with Gasteiger partial charge in [0.1, 0.15) is 0 Å². The van der Waals surface area contributed by atoms with Crippen LogP contribution >= 0.6 is 0 Å². The zero-order valence-electron chi connectivity index (χ0n) is 16.2. The lowest BCUT2D eigenvalue weighted by Crippen LogP contribution is -2.23. The van der Waals surface area contributed by atoms with Crippen molar-refractivity contribution in [2.75, 3.05) is 18.5 Å². The summed E-state index contributed by atoms with van der Waals surface area (Å²) in [5.74, 6) is -0.778.